The fourth-order valence-electron chi connectivity index (χ4n) is 1.03. The second-order valence-electron chi connectivity index (χ2n) is 3.75. The summed E-state index contributed by atoms with van der Waals surface area (Å²) in [5.74, 6) is -3.54. The maximum absolute atomic E-state index is 11.3. The van der Waals surface area contributed by atoms with E-state index in [2.05, 4.69) is 12.6 Å². The molecule has 0 spiro atoms. The molecule has 0 fully saturated rings. The molecule has 6 heteroatoms. The highest BCUT2D eigenvalue weighted by Gasteiger charge is 2.40. The van der Waals surface area contributed by atoms with Gasteiger partial charge in [0, 0.05) is 12.8 Å². The summed E-state index contributed by atoms with van der Waals surface area (Å²) in [5, 5.41) is 9.09. The number of rotatable bonds is 7. The van der Waals surface area contributed by atoms with Gasteiger partial charge >= 0.3 is 17.9 Å². The molecule has 0 aromatic rings. The summed E-state index contributed by atoms with van der Waals surface area (Å²) in [7, 11) is 0. The number of aliphatic hydroxyl groups is 1. The van der Waals surface area contributed by atoms with Gasteiger partial charge in [-0.05, 0) is 19.8 Å². The Morgan fingerprint density at radius 1 is 1.18 bits per heavy atom. The molecule has 0 aliphatic heterocycles. The first kappa shape index (κ1) is 16.2. The molecule has 1 unspecified atom stereocenters. The summed E-state index contributed by atoms with van der Waals surface area (Å²) < 4.78 is 9.51. The average molecular weight is 264 g/mol. The molecule has 100 valence electrons. The van der Waals surface area contributed by atoms with Gasteiger partial charge in [0.2, 0.25) is 0 Å². The normalized spacial score (nSPS) is 13.0. The Balaban J connectivity index is 4.56. The van der Waals surface area contributed by atoms with E-state index in [4.69, 9.17) is 9.47 Å². The van der Waals surface area contributed by atoms with Crippen molar-refractivity contribution in [3.8, 4) is 0 Å². The second-order valence-corrected chi connectivity index (χ2v) is 4.53. The zero-order valence-electron chi connectivity index (χ0n) is 10.4. The van der Waals surface area contributed by atoms with E-state index in [1.54, 1.807) is 13.8 Å². The van der Waals surface area contributed by atoms with Crippen LogP contribution in [-0.4, -0.2) is 28.3 Å². The molecule has 0 radical (unpaired) electrons. The van der Waals surface area contributed by atoms with Crippen molar-refractivity contribution < 1.29 is 24.2 Å². The van der Waals surface area contributed by atoms with Crippen molar-refractivity contribution in [2.75, 3.05) is 0 Å². The first-order valence-corrected chi connectivity index (χ1v) is 6.21. The lowest BCUT2D eigenvalue weighted by Gasteiger charge is -2.29. The van der Waals surface area contributed by atoms with Crippen molar-refractivity contribution in [2.45, 2.75) is 57.7 Å². The highest BCUT2D eigenvalue weighted by atomic mass is 32.1. The van der Waals surface area contributed by atoms with Gasteiger partial charge in [-0.25, -0.2) is 0 Å². The summed E-state index contributed by atoms with van der Waals surface area (Å²) in [4.78, 5) is 22.6. The van der Waals surface area contributed by atoms with E-state index in [9.17, 15) is 14.7 Å². The van der Waals surface area contributed by atoms with Crippen molar-refractivity contribution in [3.05, 3.63) is 0 Å². The third-order valence-electron chi connectivity index (χ3n) is 1.96. The predicted octanol–water partition coefficient (Wildman–Crippen LogP) is 1.64. The molecular formula is C11H20O5S. The van der Waals surface area contributed by atoms with Crippen LogP contribution in [-0.2, 0) is 19.1 Å². The van der Waals surface area contributed by atoms with Crippen molar-refractivity contribution in [3.63, 3.8) is 0 Å². The van der Waals surface area contributed by atoms with Gasteiger partial charge in [-0.2, -0.15) is 12.6 Å². The number of ether oxygens (including phenoxy) is 2. The van der Waals surface area contributed by atoms with Gasteiger partial charge in [0.15, 0.2) is 0 Å². The quantitative estimate of drug-likeness (QED) is 0.415. The van der Waals surface area contributed by atoms with Crippen LogP contribution >= 0.6 is 12.6 Å². The zero-order valence-corrected chi connectivity index (χ0v) is 11.3. The van der Waals surface area contributed by atoms with E-state index in [1.165, 1.54) is 6.92 Å². The maximum atomic E-state index is 11.3. The Kier molecular flexibility index (Phi) is 7.22. The molecular weight excluding hydrogens is 244 g/mol. The van der Waals surface area contributed by atoms with Crippen LogP contribution < -0.4 is 0 Å². The third kappa shape index (κ3) is 5.93. The van der Waals surface area contributed by atoms with Gasteiger partial charge < -0.3 is 14.6 Å². The number of hydrogen-bond acceptors (Lipinski definition) is 6. The summed E-state index contributed by atoms with van der Waals surface area (Å²) in [6.45, 7) is 5.07. The molecule has 0 aromatic heterocycles. The molecule has 5 nitrogen and oxygen atoms in total. The fraction of sp³-hybridized carbons (Fsp3) is 0.818. The summed E-state index contributed by atoms with van der Waals surface area (Å²) >= 11 is 3.96. The van der Waals surface area contributed by atoms with Crippen LogP contribution in [0.2, 0.25) is 0 Å². The van der Waals surface area contributed by atoms with E-state index in [-0.39, 0.29) is 12.8 Å². The molecule has 0 saturated heterocycles. The first-order valence-electron chi connectivity index (χ1n) is 5.69. The van der Waals surface area contributed by atoms with Crippen LogP contribution in [0.1, 0.15) is 46.5 Å². The Hall–Kier alpha value is -0.750. The van der Waals surface area contributed by atoms with Gasteiger partial charge in [-0.15, -0.1) is 0 Å². The minimum absolute atomic E-state index is 0.147. The van der Waals surface area contributed by atoms with Gasteiger partial charge in [0.05, 0.1) is 0 Å². The fourth-order valence-corrected chi connectivity index (χ4v) is 1.13. The molecule has 0 rings (SSSR count). The van der Waals surface area contributed by atoms with Crippen LogP contribution in [0.15, 0.2) is 0 Å². The van der Waals surface area contributed by atoms with Crippen LogP contribution in [0.5, 0.6) is 0 Å². The van der Waals surface area contributed by atoms with Crippen LogP contribution in [0.3, 0.4) is 0 Å². The van der Waals surface area contributed by atoms with E-state index < -0.39 is 23.2 Å². The number of carbonyl (C=O) groups is 2. The van der Waals surface area contributed by atoms with Gasteiger partial charge in [-0.3, -0.25) is 9.59 Å². The summed E-state index contributed by atoms with van der Waals surface area (Å²) in [5.41, 5.74) is 0. The van der Waals surface area contributed by atoms with Crippen molar-refractivity contribution in [1.29, 1.82) is 0 Å². The van der Waals surface area contributed by atoms with Crippen LogP contribution in [0.25, 0.3) is 0 Å². The van der Waals surface area contributed by atoms with Crippen LogP contribution in [0, 0.1) is 0 Å². The molecule has 0 aromatic carbocycles. The lowest BCUT2D eigenvalue weighted by Crippen LogP contribution is -2.46. The molecule has 0 aliphatic carbocycles. The minimum Gasteiger partial charge on any atom is -0.397 e. The Bertz CT molecular complexity index is 245. The molecule has 0 saturated carbocycles. The molecule has 17 heavy (non-hydrogen) atoms. The first-order chi connectivity index (χ1) is 7.85. The Labute approximate surface area is 107 Å². The van der Waals surface area contributed by atoms with E-state index >= 15 is 0 Å². The number of esters is 2. The van der Waals surface area contributed by atoms with Gasteiger partial charge in [0.1, 0.15) is 5.25 Å². The number of carbonyl (C=O) groups excluding carboxylic acids is 2. The monoisotopic (exact) mass is 264 g/mol. The molecule has 0 amide bonds. The number of hydrogen-bond donors (Lipinski definition) is 2. The Morgan fingerprint density at radius 3 is 1.76 bits per heavy atom. The standard InChI is InChI=1S/C11H20O5S/c1-4-6-9(12)15-11(14,8(3)17)16-10(13)7-5-2/h8,14,17H,4-7H2,1-3H3. The number of thiol groups is 1. The Morgan fingerprint density at radius 2 is 1.53 bits per heavy atom. The largest absolute Gasteiger partial charge is 0.397 e. The van der Waals surface area contributed by atoms with E-state index in [0.29, 0.717) is 12.8 Å². The molecule has 1 atom stereocenters. The van der Waals surface area contributed by atoms with Crippen LogP contribution in [0.4, 0.5) is 0 Å². The SMILES string of the molecule is CCCC(=O)OC(O)(OC(=O)CCC)C(C)S. The highest BCUT2D eigenvalue weighted by Crippen LogP contribution is 2.21. The second kappa shape index (κ2) is 7.55. The van der Waals surface area contributed by atoms with E-state index in [0.717, 1.165) is 0 Å². The van der Waals surface area contributed by atoms with Gasteiger partial charge in [0.25, 0.3) is 0 Å². The van der Waals surface area contributed by atoms with Crippen molar-refractivity contribution in [1.82, 2.24) is 0 Å². The topological polar surface area (TPSA) is 72.8 Å². The van der Waals surface area contributed by atoms with Gasteiger partial charge in [-0.1, -0.05) is 13.8 Å². The average Bonchev–Trinajstić information content (AvgIpc) is 2.17. The van der Waals surface area contributed by atoms with Crippen molar-refractivity contribution >= 4 is 24.6 Å². The molecule has 0 aliphatic rings. The zero-order chi connectivity index (χ0) is 13.5. The van der Waals surface area contributed by atoms with Crippen molar-refractivity contribution in [2.24, 2.45) is 0 Å². The lowest BCUT2D eigenvalue weighted by atomic mass is 10.3. The molecule has 1 N–H and O–H groups in total. The minimum atomic E-state index is -2.29. The predicted molar refractivity (Wildman–Crippen MR) is 65.4 cm³/mol. The third-order valence-corrected chi connectivity index (χ3v) is 2.28. The molecule has 0 heterocycles. The summed E-state index contributed by atoms with van der Waals surface area (Å²) in [6.07, 6.45) is 1.46. The van der Waals surface area contributed by atoms with E-state index in [1.807, 2.05) is 0 Å². The maximum Gasteiger partial charge on any atom is 0.385 e. The molecule has 0 bridgehead atoms. The summed E-state index contributed by atoms with van der Waals surface area (Å²) in [6, 6.07) is 0. The lowest BCUT2D eigenvalue weighted by molar-refractivity contribution is -0.322. The smallest absolute Gasteiger partial charge is 0.385 e. The highest BCUT2D eigenvalue weighted by molar-refractivity contribution is 7.81.